The standard InChI is InChI=1S/C32H25N5O/c33-18-29-28(36-23-12-14-38-15-13-23)17-24(20-35-29)37-30-10-4-2-7-26(30)32-25(8-5-11-31(32)37)22-16-21-6-1-3-9-27(21)34-19-22/h1-11,16-17,19-20,23,36H,12-15H2. The van der Waals surface area contributed by atoms with E-state index < -0.39 is 0 Å². The smallest absolute Gasteiger partial charge is 0.163 e. The van der Waals surface area contributed by atoms with Crippen molar-refractivity contribution in [1.29, 1.82) is 5.26 Å². The van der Waals surface area contributed by atoms with Crippen molar-refractivity contribution in [3.8, 4) is 22.9 Å². The molecular formula is C32H25N5O. The van der Waals surface area contributed by atoms with Crippen molar-refractivity contribution in [2.24, 2.45) is 0 Å². The van der Waals surface area contributed by atoms with E-state index in [9.17, 15) is 5.26 Å². The van der Waals surface area contributed by atoms with Crippen molar-refractivity contribution in [2.45, 2.75) is 18.9 Å². The van der Waals surface area contributed by atoms with Crippen molar-refractivity contribution in [3.05, 3.63) is 97.0 Å². The van der Waals surface area contributed by atoms with Crippen LogP contribution in [0.4, 0.5) is 5.69 Å². The number of para-hydroxylation sites is 2. The summed E-state index contributed by atoms with van der Waals surface area (Å²) < 4.78 is 7.76. The summed E-state index contributed by atoms with van der Waals surface area (Å²) in [5.74, 6) is 0. The maximum atomic E-state index is 9.76. The van der Waals surface area contributed by atoms with Crippen molar-refractivity contribution in [2.75, 3.05) is 18.5 Å². The summed E-state index contributed by atoms with van der Waals surface area (Å²) in [4.78, 5) is 9.29. The molecule has 1 aliphatic rings. The minimum Gasteiger partial charge on any atom is -0.381 e. The van der Waals surface area contributed by atoms with Crippen LogP contribution in [0.2, 0.25) is 0 Å². The molecule has 7 rings (SSSR count). The van der Waals surface area contributed by atoms with Crippen LogP contribution in [-0.2, 0) is 4.74 Å². The molecule has 0 amide bonds. The molecular weight excluding hydrogens is 470 g/mol. The number of hydrogen-bond donors (Lipinski definition) is 1. The summed E-state index contributed by atoms with van der Waals surface area (Å²) in [6.45, 7) is 1.46. The molecule has 1 saturated heterocycles. The Labute approximate surface area is 220 Å². The van der Waals surface area contributed by atoms with Gasteiger partial charge in [-0.1, -0.05) is 48.5 Å². The van der Waals surface area contributed by atoms with Crippen LogP contribution in [0.3, 0.4) is 0 Å². The van der Waals surface area contributed by atoms with Crippen LogP contribution < -0.4 is 5.32 Å². The number of hydrogen-bond acceptors (Lipinski definition) is 5. The quantitative estimate of drug-likeness (QED) is 0.289. The number of fused-ring (bicyclic) bond motifs is 4. The molecule has 184 valence electrons. The van der Waals surface area contributed by atoms with Crippen LogP contribution >= 0.6 is 0 Å². The van der Waals surface area contributed by atoms with Gasteiger partial charge in [0.25, 0.3) is 0 Å². The van der Waals surface area contributed by atoms with Gasteiger partial charge in [0.05, 0.1) is 34.1 Å². The summed E-state index contributed by atoms with van der Waals surface area (Å²) >= 11 is 0. The monoisotopic (exact) mass is 495 g/mol. The highest BCUT2D eigenvalue weighted by Crippen LogP contribution is 2.39. The average Bonchev–Trinajstić information content (AvgIpc) is 3.32. The fraction of sp³-hybridized carbons (Fsp3) is 0.156. The molecule has 0 unspecified atom stereocenters. The minimum atomic E-state index is 0.262. The van der Waals surface area contributed by atoms with Gasteiger partial charge >= 0.3 is 0 Å². The maximum absolute atomic E-state index is 9.76. The molecule has 0 radical (unpaired) electrons. The Morgan fingerprint density at radius 3 is 2.58 bits per heavy atom. The third-order valence-electron chi connectivity index (χ3n) is 7.42. The van der Waals surface area contributed by atoms with Gasteiger partial charge in [-0.25, -0.2) is 4.98 Å². The lowest BCUT2D eigenvalue weighted by atomic mass is 9.99. The Morgan fingerprint density at radius 1 is 0.868 bits per heavy atom. The van der Waals surface area contributed by atoms with Gasteiger partial charge in [-0.05, 0) is 48.7 Å². The highest BCUT2D eigenvalue weighted by atomic mass is 16.5. The molecule has 3 aromatic heterocycles. The number of aromatic nitrogens is 3. The first-order valence-electron chi connectivity index (χ1n) is 12.9. The largest absolute Gasteiger partial charge is 0.381 e. The number of pyridine rings is 2. The number of nitriles is 1. The van der Waals surface area contributed by atoms with Gasteiger partial charge in [-0.15, -0.1) is 0 Å². The average molecular weight is 496 g/mol. The van der Waals surface area contributed by atoms with Gasteiger partial charge in [-0.2, -0.15) is 5.26 Å². The molecule has 6 heteroatoms. The van der Waals surface area contributed by atoms with Crippen LogP contribution in [0, 0.1) is 11.3 Å². The zero-order chi connectivity index (χ0) is 25.5. The number of nitrogens with one attached hydrogen (secondary N) is 1. The number of rotatable bonds is 4. The van der Waals surface area contributed by atoms with E-state index in [4.69, 9.17) is 9.72 Å². The van der Waals surface area contributed by atoms with E-state index in [1.54, 1.807) is 6.20 Å². The maximum Gasteiger partial charge on any atom is 0.163 e. The second kappa shape index (κ2) is 9.29. The van der Waals surface area contributed by atoms with Crippen molar-refractivity contribution >= 4 is 38.4 Å². The molecule has 0 atom stereocenters. The Balaban J connectivity index is 1.43. The Morgan fingerprint density at radius 2 is 1.68 bits per heavy atom. The number of ether oxygens (including phenoxy) is 1. The number of anilines is 1. The lowest BCUT2D eigenvalue weighted by Gasteiger charge is -2.24. The molecule has 1 aliphatic heterocycles. The highest BCUT2D eigenvalue weighted by molar-refractivity contribution is 6.16. The molecule has 6 nitrogen and oxygen atoms in total. The predicted octanol–water partition coefficient (Wildman–Crippen LogP) is 6.86. The minimum absolute atomic E-state index is 0.262. The lowest BCUT2D eigenvalue weighted by molar-refractivity contribution is 0.0904. The molecule has 4 heterocycles. The predicted molar refractivity (Wildman–Crippen MR) is 151 cm³/mol. The molecule has 1 fully saturated rings. The molecule has 0 bridgehead atoms. The molecule has 6 aromatic rings. The molecule has 1 N–H and O–H groups in total. The van der Waals surface area contributed by atoms with Crippen LogP contribution in [0.25, 0.3) is 49.5 Å². The molecule has 0 saturated carbocycles. The summed E-state index contributed by atoms with van der Waals surface area (Å²) in [5, 5.41) is 16.8. The second-order valence-electron chi connectivity index (χ2n) is 9.70. The highest BCUT2D eigenvalue weighted by Gasteiger charge is 2.19. The van der Waals surface area contributed by atoms with E-state index >= 15 is 0 Å². The lowest BCUT2D eigenvalue weighted by Crippen LogP contribution is -2.28. The van der Waals surface area contributed by atoms with E-state index in [-0.39, 0.29) is 6.04 Å². The van der Waals surface area contributed by atoms with Crippen molar-refractivity contribution < 1.29 is 4.74 Å². The zero-order valence-corrected chi connectivity index (χ0v) is 20.8. The van der Waals surface area contributed by atoms with E-state index in [2.05, 4.69) is 81.6 Å². The van der Waals surface area contributed by atoms with Crippen molar-refractivity contribution in [1.82, 2.24) is 14.5 Å². The van der Waals surface area contributed by atoms with Gasteiger partial charge in [0, 0.05) is 47.2 Å². The molecule has 38 heavy (non-hydrogen) atoms. The second-order valence-corrected chi connectivity index (χ2v) is 9.70. The van der Waals surface area contributed by atoms with E-state index in [1.807, 2.05) is 24.4 Å². The van der Waals surface area contributed by atoms with Crippen LogP contribution in [0.15, 0.2) is 91.3 Å². The number of nitrogens with zero attached hydrogens (tertiary/aromatic N) is 4. The molecule has 0 aliphatic carbocycles. The first-order valence-corrected chi connectivity index (χ1v) is 12.9. The number of benzene rings is 3. The summed E-state index contributed by atoms with van der Waals surface area (Å²) in [6.07, 6.45) is 5.58. The fourth-order valence-corrected chi connectivity index (χ4v) is 5.59. The van der Waals surface area contributed by atoms with Crippen LogP contribution in [0.5, 0.6) is 0 Å². The first kappa shape index (κ1) is 22.5. The van der Waals surface area contributed by atoms with Crippen LogP contribution in [0.1, 0.15) is 18.5 Å². The third kappa shape index (κ3) is 3.76. The molecule has 0 spiro atoms. The van der Waals surface area contributed by atoms with Gasteiger partial charge in [0.2, 0.25) is 0 Å². The molecule has 3 aromatic carbocycles. The van der Waals surface area contributed by atoms with E-state index in [0.717, 1.165) is 75.9 Å². The third-order valence-corrected chi connectivity index (χ3v) is 7.42. The Bertz CT molecular complexity index is 1860. The normalized spacial score (nSPS) is 14.2. The van der Waals surface area contributed by atoms with E-state index in [1.165, 1.54) is 5.39 Å². The summed E-state index contributed by atoms with van der Waals surface area (Å²) in [5.41, 5.74) is 7.46. The van der Waals surface area contributed by atoms with Gasteiger partial charge in [-0.3, -0.25) is 4.98 Å². The van der Waals surface area contributed by atoms with Crippen molar-refractivity contribution in [3.63, 3.8) is 0 Å². The van der Waals surface area contributed by atoms with Gasteiger partial charge < -0.3 is 14.6 Å². The summed E-state index contributed by atoms with van der Waals surface area (Å²) in [7, 11) is 0. The SMILES string of the molecule is N#Cc1ncc(-n2c3ccccc3c3c(-c4cnc5ccccc5c4)cccc32)cc1NC1CCOCC1. The summed E-state index contributed by atoms with van der Waals surface area (Å²) in [6, 6.07) is 29.8. The van der Waals surface area contributed by atoms with Crippen LogP contribution in [-0.4, -0.2) is 33.8 Å². The van der Waals surface area contributed by atoms with E-state index in [0.29, 0.717) is 5.69 Å². The fourth-order valence-electron chi connectivity index (χ4n) is 5.59. The van der Waals surface area contributed by atoms with Gasteiger partial charge in [0.1, 0.15) is 6.07 Å². The Kier molecular flexibility index (Phi) is 5.49. The topological polar surface area (TPSA) is 75.8 Å². The Hall–Kier alpha value is -4.73. The van der Waals surface area contributed by atoms with Gasteiger partial charge in [0.15, 0.2) is 5.69 Å². The zero-order valence-electron chi connectivity index (χ0n) is 20.8. The first-order chi connectivity index (χ1) is 18.8.